The van der Waals surface area contributed by atoms with Crippen molar-refractivity contribution >= 4 is 17.7 Å². The largest absolute Gasteiger partial charge is 0.495 e. The van der Waals surface area contributed by atoms with Crippen LogP contribution in [0.25, 0.3) is 17.1 Å². The third-order valence-corrected chi connectivity index (χ3v) is 4.29. The number of carboxylic acid groups (broad SMARTS) is 1. The van der Waals surface area contributed by atoms with E-state index in [1.54, 1.807) is 37.7 Å². The summed E-state index contributed by atoms with van der Waals surface area (Å²) in [5, 5.41) is 10.4. The number of nitrogens with two attached hydrogens (primary N) is 1. The molecule has 1 aliphatic carbocycles. The third-order valence-electron chi connectivity index (χ3n) is 4.29. The number of methoxy groups -OCH3 is 1. The van der Waals surface area contributed by atoms with Crippen molar-refractivity contribution in [3.8, 4) is 22.8 Å². The van der Waals surface area contributed by atoms with Gasteiger partial charge in [0.15, 0.2) is 0 Å². The average molecular weight is 409 g/mol. The zero-order chi connectivity index (χ0) is 21.7. The van der Waals surface area contributed by atoms with Gasteiger partial charge in [-0.3, -0.25) is 14.2 Å². The van der Waals surface area contributed by atoms with Gasteiger partial charge in [0.25, 0.3) is 11.9 Å². The van der Waals surface area contributed by atoms with Crippen LogP contribution in [0.5, 0.6) is 5.75 Å². The molecule has 9 nitrogen and oxygen atoms in total. The molecule has 1 fully saturated rings. The Hall–Kier alpha value is -3.88. The summed E-state index contributed by atoms with van der Waals surface area (Å²) >= 11 is 0. The van der Waals surface area contributed by atoms with Gasteiger partial charge in [-0.15, -0.1) is 0 Å². The molecule has 2 heterocycles. The van der Waals surface area contributed by atoms with Gasteiger partial charge in [0.1, 0.15) is 17.4 Å². The number of rotatable bonds is 5. The molecule has 4 N–H and O–H groups in total. The first-order valence-corrected chi connectivity index (χ1v) is 9.33. The van der Waals surface area contributed by atoms with E-state index < -0.39 is 5.97 Å². The van der Waals surface area contributed by atoms with E-state index in [0.29, 0.717) is 29.0 Å². The van der Waals surface area contributed by atoms with Gasteiger partial charge >= 0.3 is 0 Å². The van der Waals surface area contributed by atoms with Crippen molar-refractivity contribution < 1.29 is 19.4 Å². The van der Waals surface area contributed by atoms with Crippen molar-refractivity contribution in [2.45, 2.75) is 25.8 Å². The van der Waals surface area contributed by atoms with Gasteiger partial charge < -0.3 is 20.9 Å². The summed E-state index contributed by atoms with van der Waals surface area (Å²) in [6.07, 6.45) is 7.25. The van der Waals surface area contributed by atoms with Crippen molar-refractivity contribution in [2.24, 2.45) is 0 Å². The molecule has 4 rings (SSSR count). The molecule has 0 unspecified atom stereocenters. The van der Waals surface area contributed by atoms with Crippen molar-refractivity contribution in [3.63, 3.8) is 0 Å². The zero-order valence-electron chi connectivity index (χ0n) is 16.7. The Kier molecular flexibility index (Phi) is 6.31. The Morgan fingerprint density at radius 1 is 1.20 bits per heavy atom. The zero-order valence-corrected chi connectivity index (χ0v) is 16.7. The number of carbonyl (C=O) groups is 2. The second kappa shape index (κ2) is 9.08. The van der Waals surface area contributed by atoms with Crippen molar-refractivity contribution in [2.75, 3.05) is 12.8 Å². The highest BCUT2D eigenvalue weighted by Gasteiger charge is 2.24. The summed E-state index contributed by atoms with van der Waals surface area (Å²) in [5.41, 5.74) is 7.95. The van der Waals surface area contributed by atoms with Crippen LogP contribution in [0.3, 0.4) is 0 Å². The number of imidazole rings is 1. The minimum Gasteiger partial charge on any atom is -0.495 e. The number of nitrogens with one attached hydrogen (secondary N) is 1. The number of benzene rings is 1. The second-order valence-electron chi connectivity index (χ2n) is 6.74. The Labute approximate surface area is 173 Å². The molecule has 2 aromatic heterocycles. The van der Waals surface area contributed by atoms with Crippen LogP contribution < -0.4 is 15.8 Å². The summed E-state index contributed by atoms with van der Waals surface area (Å²) in [5.74, 6) is 0.846. The summed E-state index contributed by atoms with van der Waals surface area (Å²) in [7, 11) is 1.60. The molecule has 1 amide bonds. The Morgan fingerprint density at radius 3 is 2.57 bits per heavy atom. The minimum absolute atomic E-state index is 0.0776. The van der Waals surface area contributed by atoms with Crippen LogP contribution in [0.1, 0.15) is 30.1 Å². The molecule has 156 valence electrons. The number of anilines is 1. The summed E-state index contributed by atoms with van der Waals surface area (Å²) in [6.45, 7) is 1.08. The molecule has 0 bridgehead atoms. The van der Waals surface area contributed by atoms with E-state index in [0.717, 1.165) is 31.0 Å². The quantitative estimate of drug-likeness (QED) is 0.590. The van der Waals surface area contributed by atoms with Gasteiger partial charge in [0.05, 0.1) is 12.8 Å². The van der Waals surface area contributed by atoms with Crippen LogP contribution >= 0.6 is 0 Å². The summed E-state index contributed by atoms with van der Waals surface area (Å²) in [6, 6.07) is 9.27. The normalized spacial score (nSPS) is 12.5. The van der Waals surface area contributed by atoms with Crippen LogP contribution in [0.2, 0.25) is 0 Å². The van der Waals surface area contributed by atoms with E-state index >= 15 is 0 Å². The average Bonchev–Trinajstić information content (AvgIpc) is 3.38. The first-order chi connectivity index (χ1) is 14.4. The Bertz CT molecular complexity index is 1060. The number of carboxylic acids is 1. The van der Waals surface area contributed by atoms with E-state index in [1.807, 2.05) is 22.9 Å². The van der Waals surface area contributed by atoms with E-state index in [2.05, 4.69) is 15.3 Å². The number of aromatic nitrogens is 3. The van der Waals surface area contributed by atoms with Gasteiger partial charge in [-0.2, -0.15) is 0 Å². The monoisotopic (exact) mass is 409 g/mol. The lowest BCUT2D eigenvalue weighted by Crippen LogP contribution is -2.25. The molecule has 0 radical (unpaired) electrons. The molecule has 3 aromatic rings. The number of nitrogen functional groups attached to an aromatic ring is 1. The molecule has 0 atom stereocenters. The SMILES string of the molecule is CC(=O)O.COc1ccc(C(=O)NC2CC2)cc1-n1ccnc1-c1ccnc(N)c1. The number of nitrogens with zero attached hydrogens (tertiary/aromatic N) is 3. The molecule has 0 saturated heterocycles. The van der Waals surface area contributed by atoms with Gasteiger partial charge in [-0.25, -0.2) is 9.97 Å². The highest BCUT2D eigenvalue weighted by Crippen LogP contribution is 2.29. The maximum atomic E-state index is 12.4. The first kappa shape index (κ1) is 20.8. The van der Waals surface area contributed by atoms with Crippen LogP contribution in [-0.4, -0.2) is 44.7 Å². The lowest BCUT2D eigenvalue weighted by molar-refractivity contribution is -0.134. The molecular formula is C21H23N5O4. The molecule has 0 aliphatic heterocycles. The van der Waals surface area contributed by atoms with E-state index in [9.17, 15) is 4.79 Å². The van der Waals surface area contributed by atoms with Gasteiger partial charge in [0.2, 0.25) is 0 Å². The standard InChI is InChI=1S/C19H19N5O2.C2H4O2/c1-26-16-5-2-13(19(25)23-14-3-4-14)10-15(16)24-9-8-22-18(24)12-6-7-21-17(20)11-12;1-2(3)4/h2,5-11,14H,3-4H2,1H3,(H2,20,21)(H,23,25);1H3,(H,3,4). The van der Waals surface area contributed by atoms with E-state index in [-0.39, 0.29) is 5.91 Å². The topological polar surface area (TPSA) is 132 Å². The van der Waals surface area contributed by atoms with E-state index in [4.69, 9.17) is 20.4 Å². The molecule has 1 aromatic carbocycles. The number of hydrogen-bond acceptors (Lipinski definition) is 6. The van der Waals surface area contributed by atoms with Crippen molar-refractivity contribution in [1.29, 1.82) is 0 Å². The third kappa shape index (κ3) is 5.13. The number of pyridine rings is 1. The number of aliphatic carboxylic acids is 1. The van der Waals surface area contributed by atoms with Crippen LogP contribution in [0.4, 0.5) is 5.82 Å². The van der Waals surface area contributed by atoms with Gasteiger partial charge in [-0.1, -0.05) is 0 Å². The minimum atomic E-state index is -0.833. The number of ether oxygens (including phenoxy) is 1. The van der Waals surface area contributed by atoms with Gasteiger partial charge in [-0.05, 0) is 43.2 Å². The first-order valence-electron chi connectivity index (χ1n) is 9.33. The molecule has 1 aliphatic rings. The van der Waals surface area contributed by atoms with E-state index in [1.165, 1.54) is 0 Å². The predicted octanol–water partition coefficient (Wildman–Crippen LogP) is 2.51. The summed E-state index contributed by atoms with van der Waals surface area (Å²) in [4.78, 5) is 29.9. The lowest BCUT2D eigenvalue weighted by atomic mass is 10.1. The molecule has 1 saturated carbocycles. The summed E-state index contributed by atoms with van der Waals surface area (Å²) < 4.78 is 7.37. The molecule has 30 heavy (non-hydrogen) atoms. The van der Waals surface area contributed by atoms with Crippen LogP contribution in [-0.2, 0) is 4.79 Å². The van der Waals surface area contributed by atoms with Crippen LogP contribution in [0.15, 0.2) is 48.9 Å². The van der Waals surface area contributed by atoms with Crippen molar-refractivity contribution in [3.05, 3.63) is 54.5 Å². The highest BCUT2D eigenvalue weighted by molar-refractivity contribution is 5.95. The molecule has 0 spiro atoms. The smallest absolute Gasteiger partial charge is 0.300 e. The highest BCUT2D eigenvalue weighted by atomic mass is 16.5. The lowest BCUT2D eigenvalue weighted by Gasteiger charge is -2.14. The molecular weight excluding hydrogens is 386 g/mol. The fraction of sp³-hybridized carbons (Fsp3) is 0.238. The number of hydrogen-bond donors (Lipinski definition) is 3. The Balaban J connectivity index is 0.000000589. The van der Waals surface area contributed by atoms with Crippen molar-refractivity contribution in [1.82, 2.24) is 19.9 Å². The fourth-order valence-corrected chi connectivity index (χ4v) is 2.81. The number of carbonyl (C=O) groups excluding carboxylic acids is 1. The number of amides is 1. The predicted molar refractivity (Wildman–Crippen MR) is 112 cm³/mol. The Morgan fingerprint density at radius 2 is 1.93 bits per heavy atom. The maximum Gasteiger partial charge on any atom is 0.300 e. The molecule has 9 heteroatoms. The maximum absolute atomic E-state index is 12.4. The second-order valence-corrected chi connectivity index (χ2v) is 6.74. The van der Waals surface area contributed by atoms with Gasteiger partial charge in [0, 0.05) is 42.7 Å². The fourth-order valence-electron chi connectivity index (χ4n) is 2.81. The van der Waals surface area contributed by atoms with Crippen LogP contribution in [0, 0.1) is 0 Å².